The summed E-state index contributed by atoms with van der Waals surface area (Å²) in [5, 5.41) is 15.5. The number of aromatic nitrogens is 2. The zero-order valence-corrected chi connectivity index (χ0v) is 10.5. The Bertz CT molecular complexity index is 439. The number of aromatic carboxylic acids is 1. The quantitative estimate of drug-likeness (QED) is 0.752. The van der Waals surface area contributed by atoms with Gasteiger partial charge in [-0.2, -0.15) is 0 Å². The van der Waals surface area contributed by atoms with Gasteiger partial charge in [-0.05, 0) is 25.3 Å². The molecule has 1 aliphatic heterocycles. The predicted octanol–water partition coefficient (Wildman–Crippen LogP) is 0.759. The van der Waals surface area contributed by atoms with Gasteiger partial charge < -0.3 is 15.7 Å². The summed E-state index contributed by atoms with van der Waals surface area (Å²) in [6, 6.07) is 0.902. The number of carboxylic acids is 1. The fourth-order valence-corrected chi connectivity index (χ4v) is 2.72. The zero-order valence-electron chi connectivity index (χ0n) is 9.67. The van der Waals surface area contributed by atoms with E-state index in [1.165, 1.54) is 18.8 Å². The van der Waals surface area contributed by atoms with E-state index < -0.39 is 5.97 Å². The van der Waals surface area contributed by atoms with Crippen LogP contribution in [-0.2, 0) is 0 Å². The van der Waals surface area contributed by atoms with Crippen molar-refractivity contribution >= 4 is 24.2 Å². The Labute approximate surface area is 111 Å². The normalized spacial score (nSPS) is 28.8. The van der Waals surface area contributed by atoms with Gasteiger partial charge in [-0.1, -0.05) is 0 Å². The summed E-state index contributed by atoms with van der Waals surface area (Å²) in [5.74, 6) is 0.365. The van der Waals surface area contributed by atoms with E-state index in [0.717, 1.165) is 18.9 Å². The smallest absolute Gasteiger partial charge is 0.356 e. The van der Waals surface area contributed by atoms with Crippen molar-refractivity contribution in [3.05, 3.63) is 18.1 Å². The Balaban J connectivity index is 0.00000120. The maximum Gasteiger partial charge on any atom is 0.356 e. The average Bonchev–Trinajstić information content (AvgIpc) is 2.91. The van der Waals surface area contributed by atoms with Crippen LogP contribution in [0.2, 0.25) is 0 Å². The van der Waals surface area contributed by atoms with Gasteiger partial charge in [0, 0.05) is 12.1 Å². The summed E-state index contributed by atoms with van der Waals surface area (Å²) in [5.41, 5.74) is -0.0263. The van der Waals surface area contributed by atoms with Crippen LogP contribution in [0.15, 0.2) is 12.4 Å². The minimum absolute atomic E-state index is 0. The molecule has 1 aliphatic carbocycles. The van der Waals surface area contributed by atoms with Crippen molar-refractivity contribution in [2.75, 3.05) is 11.9 Å². The number of carboxylic acid groups (broad SMARTS) is 1. The van der Waals surface area contributed by atoms with Gasteiger partial charge in [0.15, 0.2) is 5.69 Å². The van der Waals surface area contributed by atoms with Gasteiger partial charge in [0.05, 0.1) is 12.4 Å². The number of fused-ring (bicyclic) bond motifs is 2. The molecule has 2 bridgehead atoms. The van der Waals surface area contributed by atoms with E-state index in [1.807, 2.05) is 0 Å². The fraction of sp³-hybridized carbons (Fsp3) is 0.545. The Hall–Kier alpha value is -1.40. The minimum atomic E-state index is -1.05. The standard InChI is InChI=1S/C11H14N4O2.ClH/c16-11(17)9-4-14-10(5-13-9)15-8-2-6-1-7(8)12-3-6;/h4-8,12H,1-3H2,(H,14,15)(H,16,17);1H/t6-,7+,8-;/m1./s1. The summed E-state index contributed by atoms with van der Waals surface area (Å²) in [7, 11) is 0. The second-order valence-electron chi connectivity index (χ2n) is 4.70. The van der Waals surface area contributed by atoms with E-state index in [9.17, 15) is 4.79 Å². The number of halogens is 1. The number of carbonyl (C=O) groups is 1. The molecule has 3 N–H and O–H groups in total. The number of hydrogen-bond acceptors (Lipinski definition) is 5. The Kier molecular flexibility index (Phi) is 3.68. The van der Waals surface area contributed by atoms with Crippen LogP contribution in [0, 0.1) is 5.92 Å². The van der Waals surface area contributed by atoms with Gasteiger partial charge >= 0.3 is 5.97 Å². The van der Waals surface area contributed by atoms with Crippen LogP contribution in [-0.4, -0.2) is 39.7 Å². The number of rotatable bonds is 3. The summed E-state index contributed by atoms with van der Waals surface area (Å²) >= 11 is 0. The van der Waals surface area contributed by atoms with Crippen molar-refractivity contribution in [3.63, 3.8) is 0 Å². The van der Waals surface area contributed by atoms with E-state index in [4.69, 9.17) is 5.11 Å². The van der Waals surface area contributed by atoms with Crippen molar-refractivity contribution in [1.82, 2.24) is 15.3 Å². The van der Waals surface area contributed by atoms with E-state index in [-0.39, 0.29) is 18.1 Å². The maximum atomic E-state index is 10.6. The summed E-state index contributed by atoms with van der Waals surface area (Å²) in [6.07, 6.45) is 5.14. The molecule has 2 aliphatic rings. The van der Waals surface area contributed by atoms with Crippen LogP contribution in [0.3, 0.4) is 0 Å². The van der Waals surface area contributed by atoms with Crippen molar-refractivity contribution in [2.24, 2.45) is 5.92 Å². The van der Waals surface area contributed by atoms with Crippen molar-refractivity contribution in [1.29, 1.82) is 0 Å². The second-order valence-corrected chi connectivity index (χ2v) is 4.70. The molecular weight excluding hydrogens is 256 g/mol. The van der Waals surface area contributed by atoms with Gasteiger partial charge in [0.2, 0.25) is 0 Å². The molecule has 1 saturated heterocycles. The molecule has 0 amide bonds. The highest BCUT2D eigenvalue weighted by atomic mass is 35.5. The molecule has 0 aromatic carbocycles. The first kappa shape index (κ1) is 13.0. The molecule has 0 radical (unpaired) electrons. The van der Waals surface area contributed by atoms with Crippen molar-refractivity contribution in [2.45, 2.75) is 24.9 Å². The Morgan fingerprint density at radius 1 is 1.39 bits per heavy atom. The van der Waals surface area contributed by atoms with E-state index in [2.05, 4.69) is 20.6 Å². The first-order valence-electron chi connectivity index (χ1n) is 5.77. The van der Waals surface area contributed by atoms with Gasteiger partial charge in [-0.15, -0.1) is 12.4 Å². The molecule has 0 spiro atoms. The van der Waals surface area contributed by atoms with Gasteiger partial charge in [-0.25, -0.2) is 14.8 Å². The molecule has 6 nitrogen and oxygen atoms in total. The highest BCUT2D eigenvalue weighted by Crippen LogP contribution is 2.32. The number of nitrogens with one attached hydrogen (secondary N) is 2. The molecule has 0 unspecified atom stereocenters. The predicted molar refractivity (Wildman–Crippen MR) is 68.2 cm³/mol. The summed E-state index contributed by atoms with van der Waals surface area (Å²) in [6.45, 7) is 1.12. The van der Waals surface area contributed by atoms with Crippen LogP contribution >= 0.6 is 12.4 Å². The van der Waals surface area contributed by atoms with Crippen molar-refractivity contribution < 1.29 is 9.90 Å². The minimum Gasteiger partial charge on any atom is -0.476 e. The molecular formula is C11H15ClN4O2. The van der Waals surface area contributed by atoms with E-state index in [0.29, 0.717) is 17.9 Å². The molecule has 98 valence electrons. The topological polar surface area (TPSA) is 87.1 Å². The molecule has 7 heteroatoms. The number of anilines is 1. The molecule has 1 saturated carbocycles. The lowest BCUT2D eigenvalue weighted by Crippen LogP contribution is -2.41. The lowest BCUT2D eigenvalue weighted by molar-refractivity contribution is 0.0690. The molecule has 1 aromatic rings. The Morgan fingerprint density at radius 3 is 2.72 bits per heavy atom. The average molecular weight is 271 g/mol. The van der Waals surface area contributed by atoms with Crippen LogP contribution < -0.4 is 10.6 Å². The monoisotopic (exact) mass is 270 g/mol. The third-order valence-corrected chi connectivity index (χ3v) is 3.53. The largest absolute Gasteiger partial charge is 0.476 e. The van der Waals surface area contributed by atoms with E-state index in [1.54, 1.807) is 0 Å². The van der Waals surface area contributed by atoms with Crippen molar-refractivity contribution in [3.8, 4) is 0 Å². The zero-order chi connectivity index (χ0) is 11.8. The fourth-order valence-electron chi connectivity index (χ4n) is 2.72. The molecule has 3 rings (SSSR count). The van der Waals surface area contributed by atoms with Gasteiger partial charge in [0.1, 0.15) is 5.82 Å². The third-order valence-electron chi connectivity index (χ3n) is 3.53. The van der Waals surface area contributed by atoms with Crippen LogP contribution in [0.5, 0.6) is 0 Å². The van der Waals surface area contributed by atoms with Crippen LogP contribution in [0.25, 0.3) is 0 Å². The first-order chi connectivity index (χ1) is 8.22. The molecule has 18 heavy (non-hydrogen) atoms. The van der Waals surface area contributed by atoms with Gasteiger partial charge in [-0.3, -0.25) is 0 Å². The number of nitrogens with zero attached hydrogens (tertiary/aromatic N) is 2. The number of hydrogen-bond donors (Lipinski definition) is 3. The maximum absolute atomic E-state index is 10.6. The second kappa shape index (κ2) is 5.07. The molecule has 1 aromatic heterocycles. The first-order valence-corrected chi connectivity index (χ1v) is 5.77. The van der Waals surface area contributed by atoms with Gasteiger partial charge in [0.25, 0.3) is 0 Å². The molecule has 2 heterocycles. The lowest BCUT2D eigenvalue weighted by atomic mass is 10.1. The van der Waals surface area contributed by atoms with E-state index >= 15 is 0 Å². The Morgan fingerprint density at radius 2 is 2.22 bits per heavy atom. The lowest BCUT2D eigenvalue weighted by Gasteiger charge is -2.24. The number of piperidine rings is 1. The van der Waals surface area contributed by atoms with Crippen LogP contribution in [0.1, 0.15) is 23.3 Å². The highest BCUT2D eigenvalue weighted by molar-refractivity contribution is 5.85. The molecule has 3 atom stereocenters. The highest BCUT2D eigenvalue weighted by Gasteiger charge is 2.39. The third kappa shape index (κ3) is 2.39. The molecule has 2 fully saturated rings. The summed E-state index contributed by atoms with van der Waals surface area (Å²) in [4.78, 5) is 18.5. The van der Waals surface area contributed by atoms with Crippen LogP contribution in [0.4, 0.5) is 5.82 Å². The SMILES string of the molecule is Cl.O=C(O)c1cnc(N[C@@H]2C[C@@H]3CN[C@H]2C3)cn1. The summed E-state index contributed by atoms with van der Waals surface area (Å²) < 4.78 is 0.